The van der Waals surface area contributed by atoms with E-state index in [9.17, 15) is 4.79 Å². The van der Waals surface area contributed by atoms with Gasteiger partial charge in [-0.25, -0.2) is 0 Å². The van der Waals surface area contributed by atoms with E-state index in [0.717, 1.165) is 56.0 Å². The lowest BCUT2D eigenvalue weighted by Crippen LogP contribution is -2.34. The van der Waals surface area contributed by atoms with Gasteiger partial charge in [-0.3, -0.25) is 10.2 Å². The van der Waals surface area contributed by atoms with Crippen LogP contribution in [0.25, 0.3) is 11.0 Å². The van der Waals surface area contributed by atoms with Crippen LogP contribution in [0, 0.1) is 12.8 Å². The van der Waals surface area contributed by atoms with E-state index in [-0.39, 0.29) is 5.56 Å². The molecule has 0 amide bonds. The number of benzene rings is 1. The number of anilines is 1. The Kier molecular flexibility index (Phi) is 6.21. The quantitative estimate of drug-likeness (QED) is 0.608. The van der Waals surface area contributed by atoms with Crippen LogP contribution in [0.1, 0.15) is 38.3 Å². The van der Waals surface area contributed by atoms with Gasteiger partial charge in [0.05, 0.1) is 17.7 Å². The van der Waals surface area contributed by atoms with Gasteiger partial charge < -0.3 is 14.2 Å². The lowest BCUT2D eigenvalue weighted by molar-refractivity contribution is 0.258. The molecular formula is C22H29N5O3. The van der Waals surface area contributed by atoms with Crippen molar-refractivity contribution in [1.29, 1.82) is 0 Å². The highest BCUT2D eigenvalue weighted by Gasteiger charge is 2.20. The van der Waals surface area contributed by atoms with Crippen molar-refractivity contribution in [2.24, 2.45) is 5.92 Å². The standard InChI is InChI=1S/C22H29N5O3/c1-3-11-23-27-22(28)19-6-5-18(15-20(19)30-27)29-14-10-17-8-12-26(13-9-17)21-7-4-16(2)24-25-21/h4-7,15,17,23H,3,8-14H2,1-2H3. The zero-order valence-corrected chi connectivity index (χ0v) is 17.6. The smallest absolute Gasteiger partial charge is 0.311 e. The van der Waals surface area contributed by atoms with Gasteiger partial charge in [0.2, 0.25) is 0 Å². The Morgan fingerprint density at radius 1 is 1.20 bits per heavy atom. The highest BCUT2D eigenvalue weighted by atomic mass is 16.5. The van der Waals surface area contributed by atoms with Gasteiger partial charge in [-0.15, -0.1) is 5.10 Å². The second kappa shape index (κ2) is 9.19. The number of aryl methyl sites for hydroxylation is 1. The number of hydrogen-bond donors (Lipinski definition) is 1. The van der Waals surface area contributed by atoms with Crippen LogP contribution in [-0.4, -0.2) is 41.3 Å². The Bertz CT molecular complexity index is 1020. The van der Waals surface area contributed by atoms with Crippen molar-refractivity contribution in [3.8, 4) is 5.75 Å². The second-order valence-corrected chi connectivity index (χ2v) is 7.86. The average molecular weight is 412 g/mol. The molecule has 3 heterocycles. The molecule has 160 valence electrons. The van der Waals surface area contributed by atoms with Crippen LogP contribution in [0.3, 0.4) is 0 Å². The molecule has 1 aliphatic heterocycles. The van der Waals surface area contributed by atoms with Crippen molar-refractivity contribution in [2.75, 3.05) is 36.6 Å². The fourth-order valence-electron chi connectivity index (χ4n) is 3.77. The molecule has 0 radical (unpaired) electrons. The molecule has 1 N–H and O–H groups in total. The topological polar surface area (TPSA) is 85.4 Å². The zero-order chi connectivity index (χ0) is 20.9. The van der Waals surface area contributed by atoms with Gasteiger partial charge in [0.15, 0.2) is 11.4 Å². The Morgan fingerprint density at radius 2 is 2.03 bits per heavy atom. The second-order valence-electron chi connectivity index (χ2n) is 7.86. The lowest BCUT2D eigenvalue weighted by Gasteiger charge is -2.32. The fourth-order valence-corrected chi connectivity index (χ4v) is 3.77. The van der Waals surface area contributed by atoms with Crippen LogP contribution < -0.4 is 20.6 Å². The van der Waals surface area contributed by atoms with Crippen LogP contribution in [0.15, 0.2) is 39.6 Å². The molecule has 1 aliphatic rings. The van der Waals surface area contributed by atoms with E-state index in [1.807, 2.05) is 32.0 Å². The summed E-state index contributed by atoms with van der Waals surface area (Å²) >= 11 is 0. The summed E-state index contributed by atoms with van der Waals surface area (Å²) in [5, 5.41) is 9.00. The molecule has 0 spiro atoms. The zero-order valence-electron chi connectivity index (χ0n) is 17.6. The highest BCUT2D eigenvalue weighted by molar-refractivity contribution is 5.77. The van der Waals surface area contributed by atoms with Crippen LogP contribution in [0.5, 0.6) is 5.75 Å². The number of rotatable bonds is 8. The van der Waals surface area contributed by atoms with Gasteiger partial charge in [0.1, 0.15) is 5.75 Å². The molecule has 0 saturated carbocycles. The molecule has 0 bridgehead atoms. The first-order valence-corrected chi connectivity index (χ1v) is 10.7. The van der Waals surface area contributed by atoms with Crippen molar-refractivity contribution in [3.05, 3.63) is 46.4 Å². The average Bonchev–Trinajstić information content (AvgIpc) is 3.08. The Labute approximate surface area is 175 Å². The van der Waals surface area contributed by atoms with E-state index < -0.39 is 0 Å². The molecule has 2 aromatic heterocycles. The van der Waals surface area contributed by atoms with Crippen molar-refractivity contribution in [3.63, 3.8) is 0 Å². The minimum absolute atomic E-state index is 0.171. The molecular weight excluding hydrogens is 382 g/mol. The normalized spacial score (nSPS) is 14.9. The van der Waals surface area contributed by atoms with Crippen molar-refractivity contribution in [1.82, 2.24) is 15.0 Å². The summed E-state index contributed by atoms with van der Waals surface area (Å²) in [6.45, 7) is 7.31. The molecule has 0 unspecified atom stereocenters. The van der Waals surface area contributed by atoms with Gasteiger partial charge in [0.25, 0.3) is 0 Å². The van der Waals surface area contributed by atoms with Gasteiger partial charge in [-0.1, -0.05) is 11.8 Å². The predicted molar refractivity (Wildman–Crippen MR) is 117 cm³/mol. The Morgan fingerprint density at radius 3 is 2.77 bits per heavy atom. The van der Waals surface area contributed by atoms with E-state index in [0.29, 0.717) is 30.0 Å². The molecule has 1 fully saturated rings. The van der Waals surface area contributed by atoms with E-state index in [4.69, 9.17) is 9.26 Å². The summed E-state index contributed by atoms with van der Waals surface area (Å²) < 4.78 is 11.5. The minimum Gasteiger partial charge on any atom is -0.493 e. The number of nitrogens with one attached hydrogen (secondary N) is 1. The fraction of sp³-hybridized carbons (Fsp3) is 0.500. The SMILES string of the molecule is CCCNn1oc2cc(OCCC3CCN(c4ccc(C)nn4)CC3)ccc2c1=O. The number of piperidine rings is 1. The maximum atomic E-state index is 12.3. The number of ether oxygens (including phenoxy) is 1. The third-order valence-corrected chi connectivity index (χ3v) is 5.58. The van der Waals surface area contributed by atoms with E-state index in [1.54, 1.807) is 12.1 Å². The van der Waals surface area contributed by atoms with Crippen molar-refractivity contribution >= 4 is 16.8 Å². The van der Waals surface area contributed by atoms with Gasteiger partial charge >= 0.3 is 5.56 Å². The molecule has 4 rings (SSSR count). The minimum atomic E-state index is -0.171. The van der Waals surface area contributed by atoms with Crippen LogP contribution in [0.2, 0.25) is 0 Å². The number of fused-ring (bicyclic) bond motifs is 1. The largest absolute Gasteiger partial charge is 0.493 e. The molecule has 0 atom stereocenters. The van der Waals surface area contributed by atoms with E-state index >= 15 is 0 Å². The monoisotopic (exact) mass is 411 g/mol. The summed E-state index contributed by atoms with van der Waals surface area (Å²) in [6, 6.07) is 9.45. The summed E-state index contributed by atoms with van der Waals surface area (Å²) in [6.07, 6.45) is 4.17. The Hall–Kier alpha value is -3.03. The van der Waals surface area contributed by atoms with Crippen molar-refractivity contribution in [2.45, 2.75) is 39.5 Å². The first kappa shape index (κ1) is 20.3. The molecule has 3 aromatic rings. The maximum Gasteiger partial charge on any atom is 0.311 e. The van der Waals surface area contributed by atoms with Gasteiger partial charge in [0, 0.05) is 25.7 Å². The Balaban J connectivity index is 1.27. The first-order valence-electron chi connectivity index (χ1n) is 10.7. The predicted octanol–water partition coefficient (Wildman–Crippen LogP) is 3.33. The number of aromatic nitrogens is 3. The summed E-state index contributed by atoms with van der Waals surface area (Å²) in [5.41, 5.74) is 4.27. The summed E-state index contributed by atoms with van der Waals surface area (Å²) in [7, 11) is 0. The molecule has 1 aromatic carbocycles. The number of hydrogen-bond acceptors (Lipinski definition) is 7. The summed E-state index contributed by atoms with van der Waals surface area (Å²) in [4.78, 5) is 15.8. The molecule has 1 saturated heterocycles. The summed E-state index contributed by atoms with van der Waals surface area (Å²) in [5.74, 6) is 2.33. The third-order valence-electron chi connectivity index (χ3n) is 5.58. The molecule has 8 heteroatoms. The maximum absolute atomic E-state index is 12.3. The van der Waals surface area contributed by atoms with E-state index in [1.165, 1.54) is 4.85 Å². The van der Waals surface area contributed by atoms with E-state index in [2.05, 4.69) is 20.5 Å². The molecule has 0 aliphatic carbocycles. The highest BCUT2D eigenvalue weighted by Crippen LogP contribution is 2.25. The third kappa shape index (κ3) is 4.58. The first-order chi connectivity index (χ1) is 14.6. The molecule has 30 heavy (non-hydrogen) atoms. The number of nitrogens with zero attached hydrogens (tertiary/aromatic N) is 4. The van der Waals surface area contributed by atoms with Crippen LogP contribution >= 0.6 is 0 Å². The van der Waals surface area contributed by atoms with Crippen LogP contribution in [-0.2, 0) is 0 Å². The van der Waals surface area contributed by atoms with Gasteiger partial charge in [-0.2, -0.15) is 5.10 Å². The van der Waals surface area contributed by atoms with Crippen molar-refractivity contribution < 1.29 is 9.26 Å². The van der Waals surface area contributed by atoms with Gasteiger partial charge in [-0.05, 0) is 62.8 Å². The lowest BCUT2D eigenvalue weighted by atomic mass is 9.94. The molecule has 8 nitrogen and oxygen atoms in total. The van der Waals surface area contributed by atoms with Crippen LogP contribution in [0.4, 0.5) is 5.82 Å².